The highest BCUT2D eigenvalue weighted by Gasteiger charge is 2.10. The molecule has 0 aromatic heterocycles. The molecule has 0 spiro atoms. The Morgan fingerprint density at radius 1 is 1.17 bits per heavy atom. The van der Waals surface area contributed by atoms with Gasteiger partial charge in [0.1, 0.15) is 11.7 Å². The third-order valence-electron chi connectivity index (χ3n) is 2.29. The van der Waals surface area contributed by atoms with Gasteiger partial charge in [-0.1, -0.05) is 35.5 Å². The molecule has 0 amide bonds. The number of benzene rings is 2. The summed E-state index contributed by atoms with van der Waals surface area (Å²) < 4.78 is 13.1. The number of nitrogen functional groups attached to an aromatic ring is 1. The molecule has 2 nitrogen and oxygen atoms in total. The Bertz CT molecular complexity index is 601. The smallest absolute Gasteiger partial charge is 0.124 e. The summed E-state index contributed by atoms with van der Waals surface area (Å²) in [6.45, 7) is 0. The largest absolute Gasteiger partial charge is 0.384 e. The molecule has 5 heteroatoms. The Balaban J connectivity index is 2.41. The van der Waals surface area contributed by atoms with Gasteiger partial charge in [0.05, 0.1) is 5.02 Å². The molecule has 0 fully saturated rings. The third kappa shape index (κ3) is 2.83. The molecule has 0 saturated heterocycles. The average Bonchev–Trinajstić information content (AvgIpc) is 2.34. The van der Waals surface area contributed by atoms with E-state index < -0.39 is 5.82 Å². The predicted molar refractivity (Wildman–Crippen MR) is 73.0 cm³/mol. The van der Waals surface area contributed by atoms with E-state index in [4.69, 9.17) is 22.7 Å². The fraction of sp³-hybridized carbons (Fsp3) is 0. The van der Waals surface area contributed by atoms with Crippen LogP contribution >= 0.6 is 23.4 Å². The second-order valence-corrected chi connectivity index (χ2v) is 5.08. The molecule has 0 radical (unpaired) electrons. The molecule has 0 heterocycles. The highest BCUT2D eigenvalue weighted by atomic mass is 35.5. The Morgan fingerprint density at radius 2 is 1.89 bits per heavy atom. The first-order valence-electron chi connectivity index (χ1n) is 5.14. The summed E-state index contributed by atoms with van der Waals surface area (Å²) in [6, 6.07) is 11.5. The fourth-order valence-corrected chi connectivity index (χ4v) is 2.66. The zero-order valence-electron chi connectivity index (χ0n) is 9.28. The maximum absolute atomic E-state index is 13.1. The van der Waals surface area contributed by atoms with E-state index in [0.717, 1.165) is 4.90 Å². The minimum Gasteiger partial charge on any atom is -0.384 e. The molecular formula is C13H10ClFN2S. The van der Waals surface area contributed by atoms with Crippen LogP contribution in [-0.4, -0.2) is 5.84 Å². The van der Waals surface area contributed by atoms with Crippen LogP contribution in [0.2, 0.25) is 5.02 Å². The summed E-state index contributed by atoms with van der Waals surface area (Å²) in [6.07, 6.45) is 0. The number of nitrogens with one attached hydrogen (secondary N) is 1. The van der Waals surface area contributed by atoms with Crippen LogP contribution < -0.4 is 5.73 Å². The van der Waals surface area contributed by atoms with Gasteiger partial charge in [0.25, 0.3) is 0 Å². The quantitative estimate of drug-likeness (QED) is 0.661. The molecule has 0 aliphatic rings. The summed E-state index contributed by atoms with van der Waals surface area (Å²) in [5.74, 6) is -0.576. The molecule has 2 aromatic carbocycles. The molecule has 0 saturated carbocycles. The molecule has 0 aliphatic carbocycles. The van der Waals surface area contributed by atoms with Gasteiger partial charge in [-0.2, -0.15) is 0 Å². The van der Waals surface area contributed by atoms with Gasteiger partial charge < -0.3 is 5.73 Å². The molecular weight excluding hydrogens is 271 g/mol. The van der Waals surface area contributed by atoms with Gasteiger partial charge in [0.2, 0.25) is 0 Å². The second kappa shape index (κ2) is 5.42. The molecule has 2 rings (SSSR count). The first-order chi connectivity index (χ1) is 8.58. The first-order valence-corrected chi connectivity index (χ1v) is 6.33. The van der Waals surface area contributed by atoms with Crippen LogP contribution in [0.15, 0.2) is 52.3 Å². The van der Waals surface area contributed by atoms with Crippen molar-refractivity contribution in [1.29, 1.82) is 5.41 Å². The number of hydrogen-bond acceptors (Lipinski definition) is 2. The van der Waals surface area contributed by atoms with Crippen LogP contribution in [0.4, 0.5) is 4.39 Å². The lowest BCUT2D eigenvalue weighted by Crippen LogP contribution is -2.12. The van der Waals surface area contributed by atoms with E-state index in [2.05, 4.69) is 0 Å². The molecule has 0 unspecified atom stereocenters. The summed E-state index contributed by atoms with van der Waals surface area (Å²) in [4.78, 5) is 1.55. The zero-order valence-corrected chi connectivity index (χ0v) is 10.9. The lowest BCUT2D eigenvalue weighted by molar-refractivity contribution is 0.626. The maximum Gasteiger partial charge on any atom is 0.124 e. The zero-order chi connectivity index (χ0) is 13.1. The van der Waals surface area contributed by atoms with Crippen molar-refractivity contribution < 1.29 is 4.39 Å². The van der Waals surface area contributed by atoms with Crippen LogP contribution in [0.1, 0.15) is 5.56 Å². The number of rotatable bonds is 3. The van der Waals surface area contributed by atoms with Crippen LogP contribution in [-0.2, 0) is 0 Å². The average molecular weight is 281 g/mol. The number of halogens is 2. The summed E-state index contributed by atoms with van der Waals surface area (Å²) in [7, 11) is 0. The van der Waals surface area contributed by atoms with Crippen LogP contribution in [0, 0.1) is 11.2 Å². The lowest BCUT2D eigenvalue weighted by Gasteiger charge is -2.09. The molecule has 92 valence electrons. The number of hydrogen-bond donors (Lipinski definition) is 2. The van der Waals surface area contributed by atoms with Crippen LogP contribution in [0.25, 0.3) is 0 Å². The summed E-state index contributed by atoms with van der Waals surface area (Å²) in [5.41, 5.74) is 5.82. The van der Waals surface area contributed by atoms with Crippen molar-refractivity contribution in [3.05, 3.63) is 58.9 Å². The van der Waals surface area contributed by atoms with Gasteiger partial charge in [-0.3, -0.25) is 5.41 Å². The monoisotopic (exact) mass is 280 g/mol. The first kappa shape index (κ1) is 12.9. The summed E-state index contributed by atoms with van der Waals surface area (Å²) >= 11 is 7.42. The van der Waals surface area contributed by atoms with Gasteiger partial charge in [0, 0.05) is 15.4 Å². The van der Waals surface area contributed by atoms with E-state index >= 15 is 0 Å². The van der Waals surface area contributed by atoms with E-state index in [-0.39, 0.29) is 5.84 Å². The number of nitrogens with two attached hydrogens (primary N) is 1. The SMILES string of the molecule is N=C(N)c1cc(F)ccc1Sc1ccccc1Cl. The van der Waals surface area contributed by atoms with E-state index in [1.54, 1.807) is 12.1 Å². The van der Waals surface area contributed by atoms with Gasteiger partial charge in [0.15, 0.2) is 0 Å². The highest BCUT2D eigenvalue weighted by Crippen LogP contribution is 2.35. The van der Waals surface area contributed by atoms with Crippen LogP contribution in [0.5, 0.6) is 0 Å². The van der Waals surface area contributed by atoms with Gasteiger partial charge in [-0.05, 0) is 30.3 Å². The molecule has 0 bridgehead atoms. The molecule has 18 heavy (non-hydrogen) atoms. The second-order valence-electron chi connectivity index (χ2n) is 3.59. The van der Waals surface area contributed by atoms with Crippen molar-refractivity contribution in [3.8, 4) is 0 Å². The summed E-state index contributed by atoms with van der Waals surface area (Å²) in [5, 5.41) is 8.07. The molecule has 3 N–H and O–H groups in total. The fourth-order valence-electron chi connectivity index (χ4n) is 1.45. The van der Waals surface area contributed by atoms with Crippen molar-refractivity contribution in [2.24, 2.45) is 5.73 Å². The van der Waals surface area contributed by atoms with Crippen LogP contribution in [0.3, 0.4) is 0 Å². The van der Waals surface area contributed by atoms with E-state index in [1.807, 2.05) is 18.2 Å². The van der Waals surface area contributed by atoms with E-state index in [1.165, 1.54) is 23.9 Å². The Kier molecular flexibility index (Phi) is 3.89. The Hall–Kier alpha value is -1.52. The third-order valence-corrected chi connectivity index (χ3v) is 3.88. The van der Waals surface area contributed by atoms with E-state index in [0.29, 0.717) is 15.5 Å². The Morgan fingerprint density at radius 3 is 2.56 bits per heavy atom. The minimum atomic E-state index is -0.413. The normalized spacial score (nSPS) is 10.3. The van der Waals surface area contributed by atoms with Crippen molar-refractivity contribution in [3.63, 3.8) is 0 Å². The lowest BCUT2D eigenvalue weighted by atomic mass is 10.2. The minimum absolute atomic E-state index is 0.163. The predicted octanol–water partition coefficient (Wildman–Crippen LogP) is 3.91. The van der Waals surface area contributed by atoms with Crippen molar-refractivity contribution in [2.75, 3.05) is 0 Å². The standard InChI is InChI=1S/C13H10ClFN2S/c14-10-3-1-2-4-12(10)18-11-6-5-8(15)7-9(11)13(16)17/h1-7H,(H3,16,17). The van der Waals surface area contributed by atoms with Gasteiger partial charge in [-0.15, -0.1) is 0 Å². The maximum atomic E-state index is 13.1. The number of amidine groups is 1. The van der Waals surface area contributed by atoms with Gasteiger partial charge >= 0.3 is 0 Å². The topological polar surface area (TPSA) is 49.9 Å². The van der Waals surface area contributed by atoms with Crippen molar-refractivity contribution in [1.82, 2.24) is 0 Å². The van der Waals surface area contributed by atoms with Crippen molar-refractivity contribution >= 4 is 29.2 Å². The van der Waals surface area contributed by atoms with Crippen molar-refractivity contribution in [2.45, 2.75) is 9.79 Å². The van der Waals surface area contributed by atoms with E-state index in [9.17, 15) is 4.39 Å². The molecule has 0 aliphatic heterocycles. The van der Waals surface area contributed by atoms with Gasteiger partial charge in [-0.25, -0.2) is 4.39 Å². The highest BCUT2D eigenvalue weighted by molar-refractivity contribution is 7.99. The molecule has 2 aromatic rings. The Labute approximate surface area is 113 Å². The molecule has 0 atom stereocenters.